The van der Waals surface area contributed by atoms with Crippen molar-refractivity contribution in [2.45, 2.75) is 24.7 Å². The van der Waals surface area contributed by atoms with E-state index in [1.54, 1.807) is 30.3 Å². The van der Waals surface area contributed by atoms with Crippen molar-refractivity contribution < 1.29 is 17.6 Å². The maximum atomic E-state index is 12.9. The summed E-state index contributed by atoms with van der Waals surface area (Å²) >= 11 is 5.13. The van der Waals surface area contributed by atoms with Gasteiger partial charge in [-0.25, -0.2) is 12.8 Å². The molecule has 0 atom stereocenters. The fourth-order valence-electron chi connectivity index (χ4n) is 3.15. The quantitative estimate of drug-likeness (QED) is 0.524. The highest BCUT2D eigenvalue weighted by Gasteiger charge is 2.27. The molecule has 1 fully saturated rings. The van der Waals surface area contributed by atoms with Crippen LogP contribution >= 0.6 is 12.2 Å². The second kappa shape index (κ2) is 10.1. The van der Waals surface area contributed by atoms with Gasteiger partial charge in [-0.15, -0.1) is 0 Å². The van der Waals surface area contributed by atoms with E-state index in [9.17, 15) is 17.6 Å². The Hall–Kier alpha value is -2.62. The number of nitrogens with one attached hydrogen (secondary N) is 2. The highest BCUT2D eigenvalue weighted by molar-refractivity contribution is 7.89. The van der Waals surface area contributed by atoms with Gasteiger partial charge >= 0.3 is 0 Å². The number of sulfonamides is 1. The molecule has 1 aliphatic heterocycles. The Morgan fingerprint density at radius 3 is 2.32 bits per heavy atom. The molecule has 9 heteroatoms. The van der Waals surface area contributed by atoms with E-state index in [0.717, 1.165) is 12.8 Å². The first kappa shape index (κ1) is 23.1. The predicted molar refractivity (Wildman–Crippen MR) is 123 cm³/mol. The third-order valence-corrected chi connectivity index (χ3v) is 7.14. The smallest absolute Gasteiger partial charge is 0.250 e. The minimum atomic E-state index is -3.52. The molecule has 3 rings (SSSR count). The van der Waals surface area contributed by atoms with Crippen LogP contribution in [0.4, 0.5) is 10.1 Å². The van der Waals surface area contributed by atoms with Crippen molar-refractivity contribution in [3.63, 3.8) is 0 Å². The Bertz CT molecular complexity index is 1060. The summed E-state index contributed by atoms with van der Waals surface area (Å²) in [7, 11) is -3.52. The van der Waals surface area contributed by atoms with Gasteiger partial charge in [-0.3, -0.25) is 10.1 Å². The van der Waals surface area contributed by atoms with Crippen molar-refractivity contribution in [1.29, 1.82) is 0 Å². The Labute approximate surface area is 187 Å². The fourth-order valence-corrected chi connectivity index (χ4v) is 4.83. The van der Waals surface area contributed by atoms with Gasteiger partial charge in [-0.05, 0) is 79.0 Å². The van der Waals surface area contributed by atoms with Crippen molar-refractivity contribution in [3.05, 3.63) is 66.0 Å². The van der Waals surface area contributed by atoms with E-state index >= 15 is 0 Å². The number of thiocarbonyl (C=S) groups is 1. The molecule has 6 nitrogen and oxygen atoms in total. The molecular formula is C22H24FN3O3S2. The lowest BCUT2D eigenvalue weighted by molar-refractivity contribution is -0.115. The fraction of sp³-hybridized carbons (Fsp3) is 0.273. The van der Waals surface area contributed by atoms with Gasteiger partial charge in [0.05, 0.1) is 4.90 Å². The first-order chi connectivity index (χ1) is 14.7. The molecule has 164 valence electrons. The molecule has 2 aromatic rings. The number of piperidine rings is 1. The normalized spacial score (nSPS) is 15.7. The van der Waals surface area contributed by atoms with Crippen LogP contribution in [0.15, 0.2) is 59.5 Å². The molecule has 1 saturated heterocycles. The van der Waals surface area contributed by atoms with Gasteiger partial charge < -0.3 is 5.32 Å². The van der Waals surface area contributed by atoms with Crippen molar-refractivity contribution in [2.75, 3.05) is 18.4 Å². The number of anilines is 1. The van der Waals surface area contributed by atoms with E-state index in [2.05, 4.69) is 17.6 Å². The van der Waals surface area contributed by atoms with Crippen LogP contribution < -0.4 is 10.6 Å². The van der Waals surface area contributed by atoms with E-state index in [1.165, 1.54) is 34.6 Å². The number of carbonyl (C=O) groups excluding carboxylic acids is 1. The molecule has 31 heavy (non-hydrogen) atoms. The van der Waals surface area contributed by atoms with Gasteiger partial charge in [0.25, 0.3) is 0 Å². The number of hydrogen-bond donors (Lipinski definition) is 2. The summed E-state index contributed by atoms with van der Waals surface area (Å²) in [6.45, 7) is 3.20. The van der Waals surface area contributed by atoms with Gasteiger partial charge in [-0.1, -0.05) is 19.1 Å². The van der Waals surface area contributed by atoms with Gasteiger partial charge in [0, 0.05) is 24.9 Å². The molecule has 0 saturated carbocycles. The number of benzene rings is 2. The first-order valence-electron chi connectivity index (χ1n) is 9.90. The highest BCUT2D eigenvalue weighted by Crippen LogP contribution is 2.24. The van der Waals surface area contributed by atoms with Crippen LogP contribution in [0.2, 0.25) is 0 Å². The summed E-state index contributed by atoms with van der Waals surface area (Å²) < 4.78 is 40.0. The summed E-state index contributed by atoms with van der Waals surface area (Å²) in [6, 6.07) is 12.0. The number of nitrogens with zero attached hydrogens (tertiary/aromatic N) is 1. The van der Waals surface area contributed by atoms with Crippen LogP contribution in [0.25, 0.3) is 6.08 Å². The van der Waals surface area contributed by atoms with E-state index < -0.39 is 15.9 Å². The molecule has 0 radical (unpaired) electrons. The third-order valence-electron chi connectivity index (χ3n) is 5.03. The third kappa shape index (κ3) is 6.43. The first-order valence-corrected chi connectivity index (χ1v) is 11.7. The maximum absolute atomic E-state index is 12.9. The number of hydrogen-bond acceptors (Lipinski definition) is 4. The predicted octanol–water partition coefficient (Wildman–Crippen LogP) is 3.77. The Morgan fingerprint density at radius 2 is 1.71 bits per heavy atom. The average molecular weight is 462 g/mol. The standard InChI is InChI=1S/C22H24FN3O3S2/c1-16-12-14-26(15-13-16)31(28,29)20-9-7-19(8-10-20)24-22(30)25-21(27)11-4-17-2-5-18(23)6-3-17/h2-11,16H,12-15H2,1H3,(H2,24,25,27,30). The topological polar surface area (TPSA) is 78.5 Å². The highest BCUT2D eigenvalue weighted by atomic mass is 32.2. The summed E-state index contributed by atoms with van der Waals surface area (Å²) in [5.74, 6) is -0.253. The van der Waals surface area contributed by atoms with Crippen molar-refractivity contribution in [2.24, 2.45) is 5.92 Å². The lowest BCUT2D eigenvalue weighted by Gasteiger charge is -2.29. The molecule has 1 aliphatic rings. The number of carbonyl (C=O) groups is 1. The van der Waals surface area contributed by atoms with Crippen LogP contribution in [0.5, 0.6) is 0 Å². The van der Waals surface area contributed by atoms with Crippen LogP contribution in [0, 0.1) is 11.7 Å². The summed E-state index contributed by atoms with van der Waals surface area (Å²) in [5, 5.41) is 5.43. The molecule has 1 heterocycles. The molecular weight excluding hydrogens is 437 g/mol. The molecule has 0 aliphatic carbocycles. The van der Waals surface area contributed by atoms with Crippen molar-refractivity contribution in [1.82, 2.24) is 9.62 Å². The molecule has 2 N–H and O–H groups in total. The zero-order valence-electron chi connectivity index (χ0n) is 17.0. The largest absolute Gasteiger partial charge is 0.332 e. The van der Waals surface area contributed by atoms with Crippen LogP contribution in [-0.2, 0) is 14.8 Å². The van der Waals surface area contributed by atoms with E-state index in [-0.39, 0.29) is 15.8 Å². The van der Waals surface area contributed by atoms with Crippen LogP contribution in [-0.4, -0.2) is 36.8 Å². The lowest BCUT2D eigenvalue weighted by Crippen LogP contribution is -2.37. The number of halogens is 1. The monoisotopic (exact) mass is 461 g/mol. The van der Waals surface area contributed by atoms with Gasteiger partial charge in [0.15, 0.2) is 5.11 Å². The molecule has 2 aromatic carbocycles. The summed E-state index contributed by atoms with van der Waals surface area (Å²) in [4.78, 5) is 12.2. The average Bonchev–Trinajstić information content (AvgIpc) is 2.74. The molecule has 1 amide bonds. The minimum Gasteiger partial charge on any atom is -0.332 e. The Morgan fingerprint density at radius 1 is 1.10 bits per heavy atom. The van der Waals surface area contributed by atoms with E-state index in [0.29, 0.717) is 30.3 Å². The van der Waals surface area contributed by atoms with Crippen molar-refractivity contribution >= 4 is 45.0 Å². The maximum Gasteiger partial charge on any atom is 0.250 e. The second-order valence-electron chi connectivity index (χ2n) is 7.44. The summed E-state index contributed by atoms with van der Waals surface area (Å²) in [6.07, 6.45) is 4.56. The second-order valence-corrected chi connectivity index (χ2v) is 9.79. The van der Waals surface area contributed by atoms with Crippen LogP contribution in [0.1, 0.15) is 25.3 Å². The molecule has 0 aromatic heterocycles. The van der Waals surface area contributed by atoms with Crippen LogP contribution in [0.3, 0.4) is 0 Å². The summed E-state index contributed by atoms with van der Waals surface area (Å²) in [5.41, 5.74) is 1.23. The van der Waals surface area contributed by atoms with E-state index in [1.807, 2.05) is 0 Å². The molecule has 0 spiro atoms. The SMILES string of the molecule is CC1CCN(S(=O)(=O)c2ccc(NC(=S)NC(=O)C=Cc3ccc(F)cc3)cc2)CC1. The van der Waals surface area contributed by atoms with E-state index in [4.69, 9.17) is 12.2 Å². The lowest BCUT2D eigenvalue weighted by atomic mass is 10.0. The zero-order chi connectivity index (χ0) is 22.4. The van der Waals surface area contributed by atoms with Gasteiger partial charge in [0.2, 0.25) is 15.9 Å². The molecule has 0 bridgehead atoms. The Kier molecular flexibility index (Phi) is 7.53. The Balaban J connectivity index is 1.54. The van der Waals surface area contributed by atoms with Crippen molar-refractivity contribution in [3.8, 4) is 0 Å². The number of rotatable bonds is 5. The zero-order valence-corrected chi connectivity index (χ0v) is 18.7. The van der Waals surface area contributed by atoms with Gasteiger partial charge in [-0.2, -0.15) is 4.31 Å². The number of amides is 1. The minimum absolute atomic E-state index is 0.0781. The molecule has 0 unspecified atom stereocenters. The van der Waals surface area contributed by atoms with Gasteiger partial charge in [0.1, 0.15) is 5.82 Å².